The predicted octanol–water partition coefficient (Wildman–Crippen LogP) is 2.30. The average Bonchev–Trinajstić information content (AvgIpc) is 3.49. The molecule has 2 unspecified atom stereocenters. The summed E-state index contributed by atoms with van der Waals surface area (Å²) in [5.74, 6) is 1.20. The molecule has 0 bridgehead atoms. The van der Waals surface area contributed by atoms with Gasteiger partial charge in [0.1, 0.15) is 10.8 Å². The molecule has 1 saturated carbocycles. The Morgan fingerprint density at radius 2 is 2.23 bits per heavy atom. The normalized spacial score (nSPS) is 22.7. The van der Waals surface area contributed by atoms with E-state index in [1.54, 1.807) is 12.0 Å². The van der Waals surface area contributed by atoms with Gasteiger partial charge in [-0.15, -0.1) is 11.3 Å². The molecular formula is C22H29N3O4S. The van der Waals surface area contributed by atoms with E-state index >= 15 is 0 Å². The zero-order valence-electron chi connectivity index (χ0n) is 17.3. The van der Waals surface area contributed by atoms with Crippen molar-refractivity contribution < 1.29 is 19.4 Å². The fourth-order valence-corrected chi connectivity index (χ4v) is 5.78. The fraction of sp³-hybridized carbons (Fsp3) is 0.545. The summed E-state index contributed by atoms with van der Waals surface area (Å²) in [5.41, 5.74) is 9.48. The molecule has 2 amide bonds. The number of carbonyl (C=O) groups excluding carboxylic acids is 2. The Bertz CT molecular complexity index is 904. The Balaban J connectivity index is 1.43. The summed E-state index contributed by atoms with van der Waals surface area (Å²) in [6, 6.07) is 0. The molecule has 0 aromatic carbocycles. The second-order valence-corrected chi connectivity index (χ2v) is 9.17. The Morgan fingerprint density at radius 1 is 1.40 bits per heavy atom. The van der Waals surface area contributed by atoms with E-state index in [1.807, 2.05) is 0 Å². The first-order valence-corrected chi connectivity index (χ1v) is 11.3. The first kappa shape index (κ1) is 21.1. The highest BCUT2D eigenvalue weighted by atomic mass is 32.1. The van der Waals surface area contributed by atoms with Crippen molar-refractivity contribution >= 4 is 28.2 Å². The van der Waals surface area contributed by atoms with Gasteiger partial charge in [-0.1, -0.05) is 5.57 Å². The van der Waals surface area contributed by atoms with Crippen molar-refractivity contribution in [2.24, 2.45) is 17.6 Å². The van der Waals surface area contributed by atoms with Crippen molar-refractivity contribution in [1.82, 2.24) is 4.90 Å². The molecule has 1 aromatic heterocycles. The first-order chi connectivity index (χ1) is 14.5. The summed E-state index contributed by atoms with van der Waals surface area (Å²) in [7, 11) is 1.67. The molecule has 30 heavy (non-hydrogen) atoms. The lowest BCUT2D eigenvalue weighted by atomic mass is 9.98. The number of aliphatic hydroxyl groups excluding tert-OH is 1. The van der Waals surface area contributed by atoms with Crippen LogP contribution in [0.1, 0.15) is 41.7 Å². The number of nitrogens with one attached hydrogen (secondary N) is 1. The lowest BCUT2D eigenvalue weighted by Crippen LogP contribution is -2.35. The summed E-state index contributed by atoms with van der Waals surface area (Å²) in [4.78, 5) is 27.9. The fourth-order valence-electron chi connectivity index (χ4n) is 4.48. The molecule has 1 fully saturated rings. The number of hydrogen-bond acceptors (Lipinski definition) is 6. The summed E-state index contributed by atoms with van der Waals surface area (Å²) in [6.07, 6.45) is 7.86. The van der Waals surface area contributed by atoms with Crippen LogP contribution in [0, 0.1) is 11.8 Å². The molecular weight excluding hydrogens is 402 g/mol. The van der Waals surface area contributed by atoms with Crippen molar-refractivity contribution in [2.45, 2.75) is 45.2 Å². The van der Waals surface area contributed by atoms with Crippen LogP contribution in [-0.2, 0) is 33.8 Å². The number of nitrogens with two attached hydrogens (primary N) is 1. The molecule has 4 N–H and O–H groups in total. The van der Waals surface area contributed by atoms with Gasteiger partial charge in [-0.25, -0.2) is 0 Å². The Labute approximate surface area is 180 Å². The molecule has 7 nitrogen and oxygen atoms in total. The second-order valence-electron chi connectivity index (χ2n) is 8.06. The van der Waals surface area contributed by atoms with Gasteiger partial charge >= 0.3 is 0 Å². The van der Waals surface area contributed by atoms with Crippen molar-refractivity contribution in [3.63, 3.8) is 0 Å². The number of hydrogen-bond donors (Lipinski definition) is 3. The van der Waals surface area contributed by atoms with Crippen LogP contribution in [0.25, 0.3) is 0 Å². The molecule has 8 heteroatoms. The maximum Gasteiger partial charge on any atom is 0.228 e. The van der Waals surface area contributed by atoms with Gasteiger partial charge in [0.15, 0.2) is 0 Å². The van der Waals surface area contributed by atoms with Gasteiger partial charge in [-0.05, 0) is 49.3 Å². The number of methoxy groups -OCH3 is 1. The minimum atomic E-state index is -0.136. The zero-order chi connectivity index (χ0) is 21.3. The van der Waals surface area contributed by atoms with Crippen LogP contribution in [0.3, 0.4) is 0 Å². The van der Waals surface area contributed by atoms with Crippen LogP contribution in [0.15, 0.2) is 23.5 Å². The third-order valence-corrected chi connectivity index (χ3v) is 7.41. The van der Waals surface area contributed by atoms with Gasteiger partial charge in [0.05, 0.1) is 20.3 Å². The van der Waals surface area contributed by atoms with Gasteiger partial charge < -0.3 is 25.8 Å². The number of allylic oxidation sites excluding steroid dienone is 3. The molecule has 162 valence electrons. The third-order valence-electron chi connectivity index (χ3n) is 6.23. The molecule has 0 radical (unpaired) electrons. The number of ether oxygens (including phenoxy) is 1. The van der Waals surface area contributed by atoms with Crippen LogP contribution in [0.2, 0.25) is 0 Å². The molecule has 0 spiro atoms. The highest BCUT2D eigenvalue weighted by Gasteiger charge is 2.45. The van der Waals surface area contributed by atoms with E-state index in [1.165, 1.54) is 22.5 Å². The number of amides is 2. The van der Waals surface area contributed by atoms with E-state index < -0.39 is 0 Å². The van der Waals surface area contributed by atoms with Gasteiger partial charge in [0.25, 0.3) is 0 Å². The molecule has 2 aliphatic carbocycles. The smallest absolute Gasteiger partial charge is 0.228 e. The maximum atomic E-state index is 12.9. The third kappa shape index (κ3) is 4.17. The first-order valence-electron chi connectivity index (χ1n) is 10.5. The largest absolute Gasteiger partial charge is 0.497 e. The molecule has 1 aliphatic heterocycles. The van der Waals surface area contributed by atoms with Crippen LogP contribution in [-0.4, -0.2) is 42.1 Å². The van der Waals surface area contributed by atoms with Crippen molar-refractivity contribution in [3.05, 3.63) is 39.5 Å². The van der Waals surface area contributed by atoms with E-state index in [2.05, 4.69) is 17.5 Å². The number of carbonyl (C=O) groups is 2. The van der Waals surface area contributed by atoms with E-state index in [-0.39, 0.29) is 30.8 Å². The minimum absolute atomic E-state index is 0.000149. The summed E-state index contributed by atoms with van der Waals surface area (Å²) in [5, 5.41) is 13.0. The molecule has 2 heterocycles. The van der Waals surface area contributed by atoms with E-state index in [0.717, 1.165) is 46.9 Å². The Morgan fingerprint density at radius 3 is 2.97 bits per heavy atom. The average molecular weight is 432 g/mol. The highest BCUT2D eigenvalue weighted by molar-refractivity contribution is 7.16. The number of thiophene rings is 1. The predicted molar refractivity (Wildman–Crippen MR) is 116 cm³/mol. The van der Waals surface area contributed by atoms with E-state index in [0.29, 0.717) is 25.6 Å². The van der Waals surface area contributed by atoms with Crippen molar-refractivity contribution in [3.8, 4) is 0 Å². The molecule has 2 atom stereocenters. The summed E-state index contributed by atoms with van der Waals surface area (Å²) < 4.78 is 5.34. The Kier molecular flexibility index (Phi) is 6.26. The quantitative estimate of drug-likeness (QED) is 0.614. The number of nitrogens with zero attached hydrogens (tertiary/aromatic N) is 1. The molecule has 0 saturated heterocycles. The number of aliphatic hydroxyl groups is 1. The minimum Gasteiger partial charge on any atom is -0.497 e. The number of fused-ring (bicyclic) bond motifs is 1. The molecule has 3 aliphatic rings. The highest BCUT2D eigenvalue weighted by Crippen LogP contribution is 2.48. The van der Waals surface area contributed by atoms with Crippen LogP contribution >= 0.6 is 11.3 Å². The summed E-state index contributed by atoms with van der Waals surface area (Å²) >= 11 is 1.53. The van der Waals surface area contributed by atoms with Crippen molar-refractivity contribution in [1.29, 1.82) is 0 Å². The maximum absolute atomic E-state index is 12.9. The number of anilines is 1. The SMILES string of the molecule is COC1=CCCC(C2CC2C(=O)Nc2sc3c(c2CN)CCN(C(=O)CCO)C3)=C1. The zero-order valence-corrected chi connectivity index (χ0v) is 18.1. The monoisotopic (exact) mass is 431 g/mol. The van der Waals surface area contributed by atoms with Gasteiger partial charge in [-0.3, -0.25) is 9.59 Å². The topological polar surface area (TPSA) is 105 Å². The van der Waals surface area contributed by atoms with Gasteiger partial charge in [0.2, 0.25) is 11.8 Å². The van der Waals surface area contributed by atoms with Gasteiger partial charge in [0, 0.05) is 35.9 Å². The van der Waals surface area contributed by atoms with E-state index in [4.69, 9.17) is 15.6 Å². The molecule has 1 aromatic rings. The second kappa shape index (κ2) is 8.91. The van der Waals surface area contributed by atoms with Gasteiger partial charge in [-0.2, -0.15) is 0 Å². The van der Waals surface area contributed by atoms with Crippen LogP contribution < -0.4 is 11.1 Å². The lowest BCUT2D eigenvalue weighted by Gasteiger charge is -2.27. The lowest BCUT2D eigenvalue weighted by molar-refractivity contribution is -0.132. The summed E-state index contributed by atoms with van der Waals surface area (Å²) in [6.45, 7) is 1.37. The standard InChI is InChI=1S/C22H29N3O4S/c1-29-14-4-2-3-13(9-14)16-10-17(16)21(28)24-22-18(11-23)15-5-7-25(12-19(15)30-22)20(27)6-8-26/h4,9,16-17,26H,2-3,5-8,10-12,23H2,1H3,(H,24,28). The molecule has 4 rings (SSSR count). The van der Waals surface area contributed by atoms with Crippen LogP contribution in [0.5, 0.6) is 0 Å². The Hall–Kier alpha value is -2.16. The van der Waals surface area contributed by atoms with E-state index in [9.17, 15) is 9.59 Å². The number of rotatable bonds is 7. The van der Waals surface area contributed by atoms with Crippen molar-refractivity contribution in [2.75, 3.05) is 25.6 Å². The van der Waals surface area contributed by atoms with Crippen LogP contribution in [0.4, 0.5) is 5.00 Å².